The van der Waals surface area contributed by atoms with Crippen molar-refractivity contribution < 1.29 is 17.2 Å². The van der Waals surface area contributed by atoms with Crippen LogP contribution in [0.3, 0.4) is 0 Å². The van der Waals surface area contributed by atoms with Gasteiger partial charge in [-0.05, 0) is 37.0 Å². The summed E-state index contributed by atoms with van der Waals surface area (Å²) >= 11 is 0. The number of nitrogens with zero attached hydrogens (tertiary/aromatic N) is 4. The Kier molecular flexibility index (Phi) is 5.58. The van der Waals surface area contributed by atoms with Gasteiger partial charge in [0.1, 0.15) is 23.0 Å². The summed E-state index contributed by atoms with van der Waals surface area (Å²) in [5.74, 6) is 0.922. The second-order valence-corrected chi connectivity index (χ2v) is 11.0. The first-order valence-corrected chi connectivity index (χ1v) is 12.7. The molecule has 2 aliphatic heterocycles. The predicted octanol–water partition coefficient (Wildman–Crippen LogP) is 2.85. The minimum atomic E-state index is -2.85. The molecule has 10 heteroatoms. The maximum atomic E-state index is 13.6. The van der Waals surface area contributed by atoms with Gasteiger partial charge in [0.05, 0.1) is 17.0 Å². The third kappa shape index (κ3) is 4.47. The van der Waals surface area contributed by atoms with Gasteiger partial charge >= 0.3 is 0 Å². The molecule has 2 saturated heterocycles. The summed E-state index contributed by atoms with van der Waals surface area (Å²) in [5, 5.41) is 0. The van der Waals surface area contributed by atoms with Crippen LogP contribution in [0.4, 0.5) is 14.6 Å². The summed E-state index contributed by atoms with van der Waals surface area (Å²) in [6, 6.07) is 5.16. The van der Waals surface area contributed by atoms with Gasteiger partial charge in [0.2, 0.25) is 0 Å². The lowest BCUT2D eigenvalue weighted by molar-refractivity contribution is 0.225. The number of rotatable bonds is 4. The van der Waals surface area contributed by atoms with E-state index >= 15 is 0 Å². The molecule has 0 radical (unpaired) electrons. The first kappa shape index (κ1) is 21.3. The fourth-order valence-corrected chi connectivity index (χ4v) is 5.88. The van der Waals surface area contributed by atoms with E-state index < -0.39 is 21.5 Å². The Morgan fingerprint density at radius 2 is 1.72 bits per heavy atom. The highest BCUT2D eigenvalue weighted by atomic mass is 32.2. The van der Waals surface area contributed by atoms with E-state index in [0.29, 0.717) is 35.9 Å². The lowest BCUT2D eigenvalue weighted by Gasteiger charge is -2.36. The average Bonchev–Trinajstić information content (AvgIpc) is 3.20. The van der Waals surface area contributed by atoms with Crippen molar-refractivity contribution in [2.75, 3.05) is 49.1 Å². The second kappa shape index (κ2) is 8.40. The van der Waals surface area contributed by atoms with E-state index in [1.807, 2.05) is 6.07 Å². The standard InChI is InChI=1S/C22H25F2N5O2S/c23-17-11-16(12-18(24)13-17)21-26-19-1-4-25-22(20(19)27-21)29-5-2-15(3-6-29)14-28-7-9-32(30,31)10-8-28/h1,4,11-13,15H,2-3,5-10,14H2,(H,26,27). The SMILES string of the molecule is O=S1(=O)CCN(CC2CCN(c3nccc4[nH]c(-c5cc(F)cc(F)c5)nc34)CC2)CC1. The zero-order valence-corrected chi connectivity index (χ0v) is 18.4. The normalized spacial score (nSPS) is 20.1. The number of sulfone groups is 1. The number of anilines is 1. The van der Waals surface area contributed by atoms with Crippen LogP contribution in [-0.2, 0) is 9.84 Å². The molecular formula is C22H25F2N5O2S. The molecule has 2 aromatic heterocycles. The van der Waals surface area contributed by atoms with Gasteiger partial charge in [-0.25, -0.2) is 27.2 Å². The first-order chi connectivity index (χ1) is 15.4. The van der Waals surface area contributed by atoms with Crippen molar-refractivity contribution >= 4 is 26.7 Å². The molecule has 4 heterocycles. The number of imidazole rings is 1. The van der Waals surface area contributed by atoms with Crippen LogP contribution in [0, 0.1) is 17.6 Å². The maximum absolute atomic E-state index is 13.6. The predicted molar refractivity (Wildman–Crippen MR) is 119 cm³/mol. The fourth-order valence-electron chi connectivity index (χ4n) is 4.61. The van der Waals surface area contributed by atoms with Gasteiger partial charge in [0.15, 0.2) is 15.7 Å². The molecule has 0 saturated carbocycles. The molecule has 170 valence electrons. The van der Waals surface area contributed by atoms with Crippen LogP contribution in [0.15, 0.2) is 30.5 Å². The Hall–Kier alpha value is -2.59. The van der Waals surface area contributed by atoms with E-state index in [-0.39, 0.29) is 11.5 Å². The summed E-state index contributed by atoms with van der Waals surface area (Å²) < 4.78 is 50.6. The number of halogens is 2. The van der Waals surface area contributed by atoms with Gasteiger partial charge in [0.25, 0.3) is 0 Å². The second-order valence-electron chi connectivity index (χ2n) is 8.66. The largest absolute Gasteiger partial charge is 0.355 e. The van der Waals surface area contributed by atoms with E-state index in [2.05, 4.69) is 24.8 Å². The van der Waals surface area contributed by atoms with Crippen molar-refractivity contribution in [3.8, 4) is 11.4 Å². The van der Waals surface area contributed by atoms with Crippen molar-refractivity contribution in [3.63, 3.8) is 0 Å². The summed E-state index contributed by atoms with van der Waals surface area (Å²) in [5.41, 5.74) is 1.81. The Morgan fingerprint density at radius 1 is 1.03 bits per heavy atom. The summed E-state index contributed by atoms with van der Waals surface area (Å²) in [4.78, 5) is 16.8. The first-order valence-electron chi connectivity index (χ1n) is 10.9. The molecule has 0 spiro atoms. The van der Waals surface area contributed by atoms with Crippen molar-refractivity contribution in [3.05, 3.63) is 42.1 Å². The topological polar surface area (TPSA) is 82.2 Å². The fraction of sp³-hybridized carbons (Fsp3) is 0.455. The van der Waals surface area contributed by atoms with Crippen LogP contribution in [0.2, 0.25) is 0 Å². The quantitative estimate of drug-likeness (QED) is 0.644. The van der Waals surface area contributed by atoms with Gasteiger partial charge in [-0.2, -0.15) is 0 Å². The van der Waals surface area contributed by atoms with Crippen LogP contribution < -0.4 is 4.90 Å². The third-order valence-electron chi connectivity index (χ3n) is 6.39. The van der Waals surface area contributed by atoms with Gasteiger partial charge in [0, 0.05) is 50.6 Å². The van der Waals surface area contributed by atoms with Gasteiger partial charge in [-0.1, -0.05) is 0 Å². The molecule has 0 aliphatic carbocycles. The maximum Gasteiger partial charge on any atom is 0.156 e. The Labute approximate surface area is 185 Å². The van der Waals surface area contributed by atoms with E-state index in [1.165, 1.54) is 12.1 Å². The molecule has 0 atom stereocenters. The zero-order chi connectivity index (χ0) is 22.3. The highest BCUT2D eigenvalue weighted by molar-refractivity contribution is 7.91. The number of pyridine rings is 1. The highest BCUT2D eigenvalue weighted by Crippen LogP contribution is 2.30. The third-order valence-corrected chi connectivity index (χ3v) is 7.99. The molecule has 2 fully saturated rings. The number of aromatic amines is 1. The van der Waals surface area contributed by atoms with Gasteiger partial charge in [-0.15, -0.1) is 0 Å². The molecule has 5 rings (SSSR count). The summed E-state index contributed by atoms with van der Waals surface area (Å²) in [7, 11) is -2.85. The van der Waals surface area contributed by atoms with Crippen LogP contribution in [-0.4, -0.2) is 72.5 Å². The van der Waals surface area contributed by atoms with Crippen molar-refractivity contribution in [2.45, 2.75) is 12.8 Å². The number of nitrogens with one attached hydrogen (secondary N) is 1. The number of aromatic nitrogens is 3. The average molecular weight is 462 g/mol. The van der Waals surface area contributed by atoms with Crippen LogP contribution >= 0.6 is 0 Å². The van der Waals surface area contributed by atoms with E-state index in [0.717, 1.165) is 49.9 Å². The molecule has 1 aromatic carbocycles. The molecule has 0 unspecified atom stereocenters. The number of H-pyrrole nitrogens is 1. The molecule has 0 amide bonds. The zero-order valence-electron chi connectivity index (χ0n) is 17.6. The van der Waals surface area contributed by atoms with Crippen molar-refractivity contribution in [2.24, 2.45) is 5.92 Å². The van der Waals surface area contributed by atoms with Crippen LogP contribution in [0.5, 0.6) is 0 Å². The smallest absolute Gasteiger partial charge is 0.156 e. The lowest BCUT2D eigenvalue weighted by Crippen LogP contribution is -2.45. The van der Waals surface area contributed by atoms with Gasteiger partial charge in [-0.3, -0.25) is 0 Å². The Balaban J connectivity index is 1.29. The summed E-state index contributed by atoms with van der Waals surface area (Å²) in [6.45, 7) is 3.85. The van der Waals surface area contributed by atoms with Crippen LogP contribution in [0.25, 0.3) is 22.4 Å². The number of hydrogen-bond acceptors (Lipinski definition) is 6. The molecular weight excluding hydrogens is 436 g/mol. The molecule has 7 nitrogen and oxygen atoms in total. The monoisotopic (exact) mass is 461 g/mol. The van der Waals surface area contributed by atoms with Crippen molar-refractivity contribution in [1.82, 2.24) is 19.9 Å². The molecule has 3 aromatic rings. The molecule has 2 aliphatic rings. The Morgan fingerprint density at radius 3 is 2.41 bits per heavy atom. The molecule has 1 N–H and O–H groups in total. The van der Waals surface area contributed by atoms with E-state index in [9.17, 15) is 17.2 Å². The van der Waals surface area contributed by atoms with Crippen LogP contribution in [0.1, 0.15) is 12.8 Å². The Bertz CT molecular complexity index is 1200. The van der Waals surface area contributed by atoms with Crippen molar-refractivity contribution in [1.29, 1.82) is 0 Å². The number of benzene rings is 1. The number of hydrogen-bond donors (Lipinski definition) is 1. The molecule has 0 bridgehead atoms. The van der Waals surface area contributed by atoms with Gasteiger partial charge < -0.3 is 14.8 Å². The minimum absolute atomic E-state index is 0.258. The van der Waals surface area contributed by atoms with E-state index in [1.54, 1.807) is 6.20 Å². The lowest BCUT2D eigenvalue weighted by atomic mass is 9.96. The highest BCUT2D eigenvalue weighted by Gasteiger charge is 2.27. The number of fused-ring (bicyclic) bond motifs is 1. The molecule has 32 heavy (non-hydrogen) atoms. The number of piperidine rings is 1. The summed E-state index contributed by atoms with van der Waals surface area (Å²) in [6.07, 6.45) is 3.70. The minimum Gasteiger partial charge on any atom is -0.355 e. The van der Waals surface area contributed by atoms with E-state index in [4.69, 9.17) is 0 Å².